The second-order valence-corrected chi connectivity index (χ2v) is 8.30. The number of benzene rings is 2. The van der Waals surface area contributed by atoms with Gasteiger partial charge in [0.25, 0.3) is 5.91 Å². The minimum atomic E-state index is -0.459. The Morgan fingerprint density at radius 3 is 2.78 bits per heavy atom. The quantitative estimate of drug-likeness (QED) is 0.304. The van der Waals surface area contributed by atoms with E-state index in [1.807, 2.05) is 36.5 Å². The molecule has 0 bridgehead atoms. The third-order valence-corrected chi connectivity index (χ3v) is 5.74. The molecule has 0 atom stereocenters. The molecule has 3 N–H and O–H groups in total. The zero-order valence-corrected chi connectivity index (χ0v) is 19.7. The molecular weight excluding hydrogens is 478 g/mol. The van der Waals surface area contributed by atoms with E-state index in [0.717, 1.165) is 27.8 Å². The molecule has 10 heteroatoms. The Labute approximate surface area is 211 Å². The van der Waals surface area contributed by atoms with Crippen LogP contribution in [-0.2, 0) is 11.2 Å². The standard InChI is InChI=1S/C26H20ClN7O2/c27-22-14-20(5-4-18(22)11-17-8-9-34-24(12-17)29-16-31-34)33-26-21-13-19(6-7-23(21)28-15-30-26)32-25(36)3-1-2-10-35/h4-9,12-16,35H,2,10-11H2,(H,32,36)(H,28,30,33). The second kappa shape index (κ2) is 10.4. The number of aliphatic hydroxyl groups is 1. The van der Waals surface area contributed by atoms with Crippen LogP contribution in [0.15, 0.2) is 67.4 Å². The number of nitrogens with one attached hydrogen (secondary N) is 2. The van der Waals surface area contributed by atoms with E-state index < -0.39 is 5.91 Å². The zero-order chi connectivity index (χ0) is 24.9. The van der Waals surface area contributed by atoms with Gasteiger partial charge >= 0.3 is 0 Å². The predicted molar refractivity (Wildman–Crippen MR) is 138 cm³/mol. The van der Waals surface area contributed by atoms with Crippen molar-refractivity contribution in [3.63, 3.8) is 0 Å². The third kappa shape index (κ3) is 5.25. The van der Waals surface area contributed by atoms with Crippen LogP contribution >= 0.6 is 11.6 Å². The highest BCUT2D eigenvalue weighted by atomic mass is 35.5. The van der Waals surface area contributed by atoms with Crippen LogP contribution in [0.3, 0.4) is 0 Å². The first kappa shape index (κ1) is 23.2. The number of amides is 1. The fourth-order valence-corrected chi connectivity index (χ4v) is 3.93. The Hall–Kier alpha value is -4.52. The van der Waals surface area contributed by atoms with Crippen LogP contribution in [0.2, 0.25) is 5.02 Å². The lowest BCUT2D eigenvalue weighted by Crippen LogP contribution is -2.08. The molecule has 0 aliphatic heterocycles. The molecule has 0 unspecified atom stereocenters. The van der Waals surface area contributed by atoms with Gasteiger partial charge in [0.2, 0.25) is 0 Å². The molecule has 1 amide bonds. The molecule has 0 radical (unpaired) electrons. The minimum Gasteiger partial charge on any atom is -0.395 e. The predicted octanol–water partition coefficient (Wildman–Crippen LogP) is 3.98. The van der Waals surface area contributed by atoms with Crippen LogP contribution < -0.4 is 10.6 Å². The average molecular weight is 498 g/mol. The largest absolute Gasteiger partial charge is 0.395 e. The fourth-order valence-electron chi connectivity index (χ4n) is 3.69. The van der Waals surface area contributed by atoms with Crippen molar-refractivity contribution in [2.24, 2.45) is 0 Å². The number of rotatable bonds is 6. The number of aliphatic hydroxyl groups excluding tert-OH is 1. The Balaban J connectivity index is 1.35. The van der Waals surface area contributed by atoms with E-state index in [9.17, 15) is 4.79 Å². The van der Waals surface area contributed by atoms with Crippen molar-refractivity contribution in [1.29, 1.82) is 0 Å². The van der Waals surface area contributed by atoms with E-state index in [1.54, 1.807) is 22.7 Å². The number of pyridine rings is 1. The number of halogens is 1. The highest BCUT2D eigenvalue weighted by molar-refractivity contribution is 6.31. The van der Waals surface area contributed by atoms with Crippen molar-refractivity contribution < 1.29 is 9.90 Å². The molecule has 0 fully saturated rings. The maximum atomic E-state index is 12.0. The monoisotopic (exact) mass is 497 g/mol. The molecule has 0 saturated heterocycles. The maximum absolute atomic E-state index is 12.0. The molecule has 0 saturated carbocycles. The van der Waals surface area contributed by atoms with Gasteiger partial charge in [-0.1, -0.05) is 23.6 Å². The van der Waals surface area contributed by atoms with Gasteiger partial charge in [0.1, 0.15) is 18.5 Å². The number of carbonyl (C=O) groups excluding carboxylic acids is 1. The summed E-state index contributed by atoms with van der Waals surface area (Å²) in [7, 11) is 0. The highest BCUT2D eigenvalue weighted by Crippen LogP contribution is 2.29. The smallest absolute Gasteiger partial charge is 0.300 e. The molecule has 5 aromatic rings. The van der Waals surface area contributed by atoms with Crippen molar-refractivity contribution in [3.05, 3.63) is 83.5 Å². The fraction of sp³-hybridized carbons (Fsp3) is 0.115. The molecule has 2 aromatic carbocycles. The molecule has 3 aromatic heterocycles. The maximum Gasteiger partial charge on any atom is 0.300 e. The molecule has 0 aliphatic carbocycles. The van der Waals surface area contributed by atoms with Gasteiger partial charge in [-0.15, -0.1) is 0 Å². The first-order valence-electron chi connectivity index (χ1n) is 11.1. The van der Waals surface area contributed by atoms with E-state index in [0.29, 0.717) is 28.5 Å². The Bertz CT molecular complexity index is 1640. The van der Waals surface area contributed by atoms with E-state index >= 15 is 0 Å². The number of nitrogens with zero attached hydrogens (tertiary/aromatic N) is 5. The minimum absolute atomic E-state index is 0.0908. The van der Waals surface area contributed by atoms with E-state index in [4.69, 9.17) is 16.7 Å². The van der Waals surface area contributed by atoms with Crippen molar-refractivity contribution in [2.45, 2.75) is 12.8 Å². The number of anilines is 3. The van der Waals surface area contributed by atoms with Gasteiger partial charge in [0.15, 0.2) is 5.65 Å². The summed E-state index contributed by atoms with van der Waals surface area (Å²) in [5.41, 5.74) is 4.87. The van der Waals surface area contributed by atoms with E-state index in [1.165, 1.54) is 12.7 Å². The van der Waals surface area contributed by atoms with Crippen LogP contribution in [0.5, 0.6) is 0 Å². The Morgan fingerprint density at radius 1 is 1.03 bits per heavy atom. The van der Waals surface area contributed by atoms with Crippen molar-refractivity contribution >= 4 is 51.3 Å². The van der Waals surface area contributed by atoms with Crippen LogP contribution in [0.25, 0.3) is 16.6 Å². The summed E-state index contributed by atoms with van der Waals surface area (Å²) in [6.07, 6.45) is 5.77. The van der Waals surface area contributed by atoms with E-state index in [2.05, 4.69) is 42.5 Å². The molecule has 3 heterocycles. The van der Waals surface area contributed by atoms with Crippen molar-refractivity contribution in [1.82, 2.24) is 24.6 Å². The van der Waals surface area contributed by atoms with Crippen LogP contribution in [0, 0.1) is 11.8 Å². The van der Waals surface area contributed by atoms with Crippen molar-refractivity contribution in [2.75, 3.05) is 17.2 Å². The first-order chi connectivity index (χ1) is 17.6. The van der Waals surface area contributed by atoms with Crippen LogP contribution in [-0.4, -0.2) is 42.2 Å². The van der Waals surface area contributed by atoms with Gasteiger partial charge in [0.05, 0.1) is 12.1 Å². The number of aromatic nitrogens is 5. The van der Waals surface area contributed by atoms with Crippen LogP contribution in [0.4, 0.5) is 17.2 Å². The van der Waals surface area contributed by atoms with Gasteiger partial charge in [-0.25, -0.2) is 19.5 Å². The normalized spacial score (nSPS) is 10.7. The molecule has 36 heavy (non-hydrogen) atoms. The summed E-state index contributed by atoms with van der Waals surface area (Å²) < 4.78 is 1.71. The topological polar surface area (TPSA) is 117 Å². The number of hydrogen-bond donors (Lipinski definition) is 3. The molecule has 178 valence electrons. The lowest BCUT2D eigenvalue weighted by Gasteiger charge is -2.12. The summed E-state index contributed by atoms with van der Waals surface area (Å²) in [5, 5.41) is 20.3. The highest BCUT2D eigenvalue weighted by Gasteiger charge is 2.09. The SMILES string of the molecule is O=C(C#CCCO)Nc1ccc2ncnc(Nc3ccc(Cc4ccn5ncnc5c4)c(Cl)c3)c2c1. The van der Waals surface area contributed by atoms with Crippen LogP contribution in [0.1, 0.15) is 17.5 Å². The molecule has 0 aliphatic rings. The van der Waals surface area contributed by atoms with Gasteiger partial charge in [-0.3, -0.25) is 4.79 Å². The molecular formula is C26H20ClN7O2. The van der Waals surface area contributed by atoms with Gasteiger partial charge in [-0.2, -0.15) is 5.10 Å². The summed E-state index contributed by atoms with van der Waals surface area (Å²) in [4.78, 5) is 24.9. The Kier molecular flexibility index (Phi) is 6.71. The number of hydrogen-bond acceptors (Lipinski definition) is 7. The van der Waals surface area contributed by atoms with Gasteiger partial charge in [-0.05, 0) is 65.9 Å². The second-order valence-electron chi connectivity index (χ2n) is 7.89. The molecule has 0 spiro atoms. The lowest BCUT2D eigenvalue weighted by molar-refractivity contribution is -0.111. The van der Waals surface area contributed by atoms with E-state index in [-0.39, 0.29) is 13.0 Å². The van der Waals surface area contributed by atoms with Crippen molar-refractivity contribution in [3.8, 4) is 11.8 Å². The Morgan fingerprint density at radius 2 is 1.92 bits per heavy atom. The summed E-state index contributed by atoms with van der Waals surface area (Å²) >= 11 is 6.61. The summed E-state index contributed by atoms with van der Waals surface area (Å²) in [6.45, 7) is -0.0908. The molecule has 9 nitrogen and oxygen atoms in total. The molecule has 5 rings (SSSR count). The first-order valence-corrected chi connectivity index (χ1v) is 11.5. The average Bonchev–Trinajstić information content (AvgIpc) is 3.34. The third-order valence-electron chi connectivity index (χ3n) is 5.39. The van der Waals surface area contributed by atoms with Gasteiger partial charge < -0.3 is 15.7 Å². The number of fused-ring (bicyclic) bond motifs is 2. The summed E-state index contributed by atoms with van der Waals surface area (Å²) in [6, 6.07) is 15.0. The summed E-state index contributed by atoms with van der Waals surface area (Å²) in [5.74, 6) is 5.15. The lowest BCUT2D eigenvalue weighted by atomic mass is 10.1. The number of carbonyl (C=O) groups is 1. The van der Waals surface area contributed by atoms with Gasteiger partial charge in [0, 0.05) is 34.4 Å². The zero-order valence-electron chi connectivity index (χ0n) is 18.9.